The summed E-state index contributed by atoms with van der Waals surface area (Å²) in [7, 11) is 0. The molecule has 2 rings (SSSR count). The molecule has 20 heavy (non-hydrogen) atoms. The Morgan fingerprint density at radius 3 is 2.90 bits per heavy atom. The first-order chi connectivity index (χ1) is 9.65. The Kier molecular flexibility index (Phi) is 5.28. The molecule has 0 aliphatic heterocycles. The molecule has 3 N–H and O–H groups in total. The van der Waals surface area contributed by atoms with Crippen LogP contribution in [0.1, 0.15) is 36.3 Å². The molecular formula is C14H20BrN5. The van der Waals surface area contributed by atoms with Crippen LogP contribution in [0.5, 0.6) is 0 Å². The van der Waals surface area contributed by atoms with Gasteiger partial charge in [0.1, 0.15) is 12.2 Å². The predicted octanol–water partition coefficient (Wildman–Crippen LogP) is 2.51. The van der Waals surface area contributed by atoms with Crippen molar-refractivity contribution < 1.29 is 0 Å². The Morgan fingerprint density at radius 1 is 1.45 bits per heavy atom. The fourth-order valence-electron chi connectivity index (χ4n) is 2.18. The van der Waals surface area contributed by atoms with Gasteiger partial charge in [-0.3, -0.25) is 16.0 Å². The largest absolute Gasteiger partial charge is 0.271 e. The number of aryl methyl sites for hydroxylation is 2. The minimum Gasteiger partial charge on any atom is -0.271 e. The van der Waals surface area contributed by atoms with E-state index in [2.05, 4.69) is 57.4 Å². The first kappa shape index (κ1) is 15.2. The van der Waals surface area contributed by atoms with E-state index in [9.17, 15) is 0 Å². The van der Waals surface area contributed by atoms with E-state index in [-0.39, 0.29) is 6.04 Å². The van der Waals surface area contributed by atoms with Crippen LogP contribution in [0.3, 0.4) is 0 Å². The second-order valence-corrected chi connectivity index (χ2v) is 5.69. The maximum atomic E-state index is 5.71. The van der Waals surface area contributed by atoms with Crippen LogP contribution in [-0.4, -0.2) is 14.8 Å². The molecule has 0 amide bonds. The Balaban J connectivity index is 2.19. The van der Waals surface area contributed by atoms with E-state index < -0.39 is 0 Å². The summed E-state index contributed by atoms with van der Waals surface area (Å²) in [5.74, 6) is 6.67. The number of halogens is 1. The summed E-state index contributed by atoms with van der Waals surface area (Å²) < 4.78 is 3.04. The average molecular weight is 338 g/mol. The lowest BCUT2D eigenvalue weighted by Crippen LogP contribution is -2.30. The van der Waals surface area contributed by atoms with Crippen molar-refractivity contribution in [2.24, 2.45) is 5.84 Å². The van der Waals surface area contributed by atoms with Gasteiger partial charge in [-0.1, -0.05) is 35.0 Å². The van der Waals surface area contributed by atoms with Gasteiger partial charge in [-0.25, -0.2) is 4.98 Å². The first-order valence-electron chi connectivity index (χ1n) is 6.74. The predicted molar refractivity (Wildman–Crippen MR) is 83.0 cm³/mol. The number of nitrogens with two attached hydrogens (primary N) is 1. The summed E-state index contributed by atoms with van der Waals surface area (Å²) in [4.78, 5) is 4.34. The fraction of sp³-hybridized carbons (Fsp3) is 0.429. The van der Waals surface area contributed by atoms with Gasteiger partial charge in [0, 0.05) is 17.4 Å². The maximum absolute atomic E-state index is 5.71. The molecule has 5 nitrogen and oxygen atoms in total. The van der Waals surface area contributed by atoms with Crippen molar-refractivity contribution in [3.8, 4) is 0 Å². The van der Waals surface area contributed by atoms with Crippen molar-refractivity contribution in [1.29, 1.82) is 0 Å². The van der Waals surface area contributed by atoms with Crippen LogP contribution in [0, 0.1) is 6.92 Å². The van der Waals surface area contributed by atoms with E-state index in [4.69, 9.17) is 5.84 Å². The minimum absolute atomic E-state index is 0.0293. The number of benzene rings is 1. The third kappa shape index (κ3) is 3.45. The molecule has 0 aliphatic carbocycles. The number of rotatable bonds is 6. The van der Waals surface area contributed by atoms with Gasteiger partial charge in [0.2, 0.25) is 0 Å². The number of hydrogen-bond donors (Lipinski definition) is 2. The molecule has 108 valence electrons. The Labute approximate surface area is 127 Å². The molecule has 6 heteroatoms. The van der Waals surface area contributed by atoms with Crippen LogP contribution < -0.4 is 11.3 Å². The third-order valence-electron chi connectivity index (χ3n) is 3.30. The topological polar surface area (TPSA) is 68.8 Å². The highest BCUT2D eigenvalue weighted by Gasteiger charge is 2.15. The van der Waals surface area contributed by atoms with Gasteiger partial charge in [0.25, 0.3) is 0 Å². The highest BCUT2D eigenvalue weighted by Crippen LogP contribution is 2.23. The van der Waals surface area contributed by atoms with Crippen molar-refractivity contribution in [3.63, 3.8) is 0 Å². The smallest absolute Gasteiger partial charge is 0.138 e. The van der Waals surface area contributed by atoms with E-state index in [0.717, 1.165) is 35.2 Å². The molecule has 1 unspecified atom stereocenters. The highest BCUT2D eigenvalue weighted by molar-refractivity contribution is 9.10. The van der Waals surface area contributed by atoms with Crippen molar-refractivity contribution in [2.75, 3.05) is 0 Å². The van der Waals surface area contributed by atoms with Crippen LogP contribution in [0.15, 0.2) is 29.0 Å². The van der Waals surface area contributed by atoms with Crippen LogP contribution >= 0.6 is 15.9 Å². The molecule has 0 bridgehead atoms. The Bertz CT molecular complexity index is 566. The zero-order valence-electron chi connectivity index (χ0n) is 11.8. The summed E-state index contributed by atoms with van der Waals surface area (Å²) in [6, 6.07) is 6.28. The van der Waals surface area contributed by atoms with E-state index in [1.807, 2.05) is 10.7 Å². The lowest BCUT2D eigenvalue weighted by Gasteiger charge is -2.17. The summed E-state index contributed by atoms with van der Waals surface area (Å²) in [5, 5.41) is 4.25. The van der Waals surface area contributed by atoms with Crippen molar-refractivity contribution in [3.05, 3.63) is 46.0 Å². The molecule has 0 spiro atoms. The fourth-order valence-corrected chi connectivity index (χ4v) is 2.43. The quantitative estimate of drug-likeness (QED) is 0.627. The zero-order valence-corrected chi connectivity index (χ0v) is 13.4. The molecule has 1 aromatic heterocycles. The monoisotopic (exact) mass is 337 g/mol. The van der Waals surface area contributed by atoms with Crippen molar-refractivity contribution in [2.45, 2.75) is 39.3 Å². The number of nitrogens with zero attached hydrogens (tertiary/aromatic N) is 3. The number of hydrogen-bond acceptors (Lipinski definition) is 4. The van der Waals surface area contributed by atoms with Crippen LogP contribution in [0.25, 0.3) is 0 Å². The molecule has 2 aromatic rings. The van der Waals surface area contributed by atoms with Crippen molar-refractivity contribution in [1.82, 2.24) is 20.2 Å². The Hall–Kier alpha value is -1.24. The standard InChI is InChI=1S/C14H20BrN5/c1-3-6-20-14(17-9-18-20)8-13(19-16)11-4-5-12(15)10(2)7-11/h4-5,7,9,13,19H,3,6,8,16H2,1-2H3. The van der Waals surface area contributed by atoms with Gasteiger partial charge in [-0.2, -0.15) is 5.10 Å². The highest BCUT2D eigenvalue weighted by atomic mass is 79.9. The van der Waals surface area contributed by atoms with Crippen molar-refractivity contribution >= 4 is 15.9 Å². The molecule has 0 fully saturated rings. The van der Waals surface area contributed by atoms with Gasteiger partial charge in [0.05, 0.1) is 6.04 Å². The van der Waals surface area contributed by atoms with E-state index in [0.29, 0.717) is 0 Å². The summed E-state index contributed by atoms with van der Waals surface area (Å²) in [6.07, 6.45) is 3.36. The second kappa shape index (κ2) is 6.97. The molecule has 0 saturated carbocycles. The van der Waals surface area contributed by atoms with Gasteiger partial charge in [-0.15, -0.1) is 0 Å². The number of hydrazine groups is 1. The third-order valence-corrected chi connectivity index (χ3v) is 4.19. The lowest BCUT2D eigenvalue weighted by atomic mass is 10.0. The molecular weight excluding hydrogens is 318 g/mol. The minimum atomic E-state index is 0.0293. The molecule has 0 saturated heterocycles. The Morgan fingerprint density at radius 2 is 2.25 bits per heavy atom. The summed E-state index contributed by atoms with van der Waals surface area (Å²) >= 11 is 3.52. The SMILES string of the molecule is CCCn1ncnc1CC(NN)c1ccc(Br)c(C)c1. The number of nitrogens with one attached hydrogen (secondary N) is 1. The normalized spacial score (nSPS) is 12.6. The molecule has 1 atom stereocenters. The molecule has 0 aliphatic rings. The number of aromatic nitrogens is 3. The molecule has 1 heterocycles. The van der Waals surface area contributed by atoms with E-state index >= 15 is 0 Å². The van der Waals surface area contributed by atoms with Crippen LogP contribution in [0.4, 0.5) is 0 Å². The van der Waals surface area contributed by atoms with Gasteiger partial charge >= 0.3 is 0 Å². The lowest BCUT2D eigenvalue weighted by molar-refractivity contribution is 0.499. The summed E-state index contributed by atoms with van der Waals surface area (Å²) in [6.45, 7) is 5.08. The van der Waals surface area contributed by atoms with E-state index in [1.54, 1.807) is 6.33 Å². The van der Waals surface area contributed by atoms with Gasteiger partial charge in [0.15, 0.2) is 0 Å². The zero-order chi connectivity index (χ0) is 14.5. The average Bonchev–Trinajstić information content (AvgIpc) is 2.87. The van der Waals surface area contributed by atoms with Gasteiger partial charge < -0.3 is 0 Å². The van der Waals surface area contributed by atoms with Crippen LogP contribution in [0.2, 0.25) is 0 Å². The van der Waals surface area contributed by atoms with E-state index in [1.165, 1.54) is 5.56 Å². The molecule has 0 radical (unpaired) electrons. The maximum Gasteiger partial charge on any atom is 0.138 e. The summed E-state index contributed by atoms with van der Waals surface area (Å²) in [5.41, 5.74) is 5.22. The van der Waals surface area contributed by atoms with Gasteiger partial charge in [-0.05, 0) is 30.5 Å². The molecule has 1 aromatic carbocycles. The second-order valence-electron chi connectivity index (χ2n) is 4.83. The van der Waals surface area contributed by atoms with Crippen LogP contribution in [-0.2, 0) is 13.0 Å². The first-order valence-corrected chi connectivity index (χ1v) is 7.53.